The Kier molecular flexibility index (Phi) is 6.22. The minimum atomic E-state index is 0.644. The largest absolute Gasteiger partial charge is 0.346 e. The highest BCUT2D eigenvalue weighted by Crippen LogP contribution is 2.14. The molecule has 2 heterocycles. The highest BCUT2D eigenvalue weighted by Gasteiger charge is 2.03. The van der Waals surface area contributed by atoms with Crippen molar-refractivity contribution in [3.8, 4) is 0 Å². The molecule has 0 fully saturated rings. The molecule has 0 N–H and O–H groups in total. The summed E-state index contributed by atoms with van der Waals surface area (Å²) in [6, 6.07) is 20.1. The van der Waals surface area contributed by atoms with Gasteiger partial charge in [-0.3, -0.25) is 0 Å². The van der Waals surface area contributed by atoms with Crippen LogP contribution in [0.25, 0.3) is 24.3 Å². The Bertz CT molecular complexity index is 849. The highest BCUT2D eigenvalue weighted by molar-refractivity contribution is 5.75. The first-order valence-corrected chi connectivity index (χ1v) is 7.91. The molecular weight excluding hydrogens is 328 g/mol. The SMILES string of the molecule is C(=Cc1nnoc1C=Cc1ccccc1)c1ccccc1.c1conn1. The lowest BCUT2D eigenvalue weighted by molar-refractivity contribution is 0.387. The van der Waals surface area contributed by atoms with Crippen molar-refractivity contribution >= 4 is 24.3 Å². The van der Waals surface area contributed by atoms with Crippen molar-refractivity contribution in [2.75, 3.05) is 0 Å². The second-order valence-corrected chi connectivity index (χ2v) is 5.10. The van der Waals surface area contributed by atoms with Gasteiger partial charge in [0.1, 0.15) is 12.0 Å². The van der Waals surface area contributed by atoms with Gasteiger partial charge in [0.2, 0.25) is 0 Å². The molecule has 0 spiro atoms. The van der Waals surface area contributed by atoms with Gasteiger partial charge >= 0.3 is 0 Å². The van der Waals surface area contributed by atoms with Gasteiger partial charge in [0, 0.05) is 10.5 Å². The second-order valence-electron chi connectivity index (χ2n) is 5.10. The molecule has 0 radical (unpaired) electrons. The quantitative estimate of drug-likeness (QED) is 0.543. The summed E-state index contributed by atoms with van der Waals surface area (Å²) in [5, 5.41) is 14.0. The van der Waals surface area contributed by atoms with Crippen molar-refractivity contribution in [1.82, 2.24) is 20.7 Å². The molecular formula is C20H16N4O2. The standard InChI is InChI=1S/C18H14N2O.C2H2N2O/c1-3-7-15(8-4-1)11-13-17-18(21-20-19-17)14-12-16-9-5-2-6-10-16;1-2-5-4-3-1/h1-14H;1-2H. The summed E-state index contributed by atoms with van der Waals surface area (Å²) in [7, 11) is 0. The molecule has 0 aliphatic carbocycles. The lowest BCUT2D eigenvalue weighted by Gasteiger charge is -1.91. The molecule has 4 rings (SSSR count). The zero-order valence-corrected chi connectivity index (χ0v) is 13.8. The predicted octanol–water partition coefficient (Wildman–Crippen LogP) is 4.48. The lowest BCUT2D eigenvalue weighted by atomic mass is 10.1. The van der Waals surface area contributed by atoms with E-state index in [0.717, 1.165) is 11.1 Å². The Morgan fingerprint density at radius 3 is 1.88 bits per heavy atom. The van der Waals surface area contributed by atoms with Crippen molar-refractivity contribution in [3.05, 3.63) is 95.7 Å². The minimum Gasteiger partial charge on any atom is -0.346 e. The van der Waals surface area contributed by atoms with Crippen LogP contribution in [0.5, 0.6) is 0 Å². The van der Waals surface area contributed by atoms with Gasteiger partial charge in [0.15, 0.2) is 5.76 Å². The smallest absolute Gasteiger partial charge is 0.187 e. The van der Waals surface area contributed by atoms with Gasteiger partial charge in [0.05, 0.1) is 6.20 Å². The van der Waals surface area contributed by atoms with Gasteiger partial charge in [-0.1, -0.05) is 72.8 Å². The van der Waals surface area contributed by atoms with Crippen molar-refractivity contribution < 1.29 is 9.05 Å². The van der Waals surface area contributed by atoms with Crippen LogP contribution in [0.3, 0.4) is 0 Å². The molecule has 2 aromatic carbocycles. The Morgan fingerprint density at radius 1 is 0.692 bits per heavy atom. The average Bonchev–Trinajstić information content (AvgIpc) is 3.41. The van der Waals surface area contributed by atoms with Gasteiger partial charge in [-0.25, -0.2) is 0 Å². The maximum atomic E-state index is 5.18. The van der Waals surface area contributed by atoms with E-state index in [-0.39, 0.29) is 0 Å². The van der Waals surface area contributed by atoms with Gasteiger partial charge in [-0.15, -0.1) is 10.2 Å². The van der Waals surface area contributed by atoms with E-state index in [1.165, 1.54) is 12.5 Å². The molecule has 6 nitrogen and oxygen atoms in total. The number of rotatable bonds is 4. The van der Waals surface area contributed by atoms with Crippen LogP contribution < -0.4 is 0 Å². The zero-order chi connectivity index (χ0) is 17.9. The van der Waals surface area contributed by atoms with E-state index in [1.807, 2.05) is 85.0 Å². The van der Waals surface area contributed by atoms with Gasteiger partial charge in [-0.05, 0) is 23.3 Å². The van der Waals surface area contributed by atoms with Crippen LogP contribution in [-0.2, 0) is 0 Å². The van der Waals surface area contributed by atoms with Crippen LogP contribution in [-0.4, -0.2) is 20.7 Å². The second kappa shape index (κ2) is 9.48. The van der Waals surface area contributed by atoms with Crippen LogP contribution in [0, 0.1) is 0 Å². The maximum Gasteiger partial charge on any atom is 0.187 e. The molecule has 0 amide bonds. The Labute approximate surface area is 150 Å². The average molecular weight is 344 g/mol. The van der Waals surface area contributed by atoms with E-state index in [0.29, 0.717) is 11.5 Å². The van der Waals surface area contributed by atoms with Crippen LogP contribution in [0.15, 0.2) is 82.2 Å². The van der Waals surface area contributed by atoms with E-state index in [1.54, 1.807) is 0 Å². The first-order chi connectivity index (χ1) is 12.9. The molecule has 26 heavy (non-hydrogen) atoms. The Hall–Kier alpha value is -3.80. The molecule has 128 valence electrons. The summed E-state index contributed by atoms with van der Waals surface area (Å²) >= 11 is 0. The number of aromatic nitrogens is 4. The predicted molar refractivity (Wildman–Crippen MR) is 99.3 cm³/mol. The van der Waals surface area contributed by atoms with Crippen LogP contribution in [0.2, 0.25) is 0 Å². The Balaban J connectivity index is 0.000000339. The molecule has 2 aromatic heterocycles. The minimum absolute atomic E-state index is 0.644. The number of hydrogen-bond acceptors (Lipinski definition) is 6. The van der Waals surface area contributed by atoms with Gasteiger partial charge in [0.25, 0.3) is 0 Å². The molecule has 0 saturated heterocycles. The van der Waals surface area contributed by atoms with Gasteiger partial charge < -0.3 is 9.05 Å². The van der Waals surface area contributed by atoms with E-state index in [9.17, 15) is 0 Å². The fourth-order valence-electron chi connectivity index (χ4n) is 2.05. The fourth-order valence-corrected chi connectivity index (χ4v) is 2.05. The molecule has 0 saturated carbocycles. The summed E-state index contributed by atoms with van der Waals surface area (Å²) < 4.78 is 9.40. The molecule has 6 heteroatoms. The third-order valence-electron chi connectivity index (χ3n) is 3.28. The molecule has 0 unspecified atom stereocenters. The van der Waals surface area contributed by atoms with E-state index < -0.39 is 0 Å². The van der Waals surface area contributed by atoms with Crippen molar-refractivity contribution in [2.24, 2.45) is 0 Å². The normalized spacial score (nSPS) is 10.8. The lowest BCUT2D eigenvalue weighted by Crippen LogP contribution is -1.77. The molecule has 0 bridgehead atoms. The van der Waals surface area contributed by atoms with E-state index >= 15 is 0 Å². The molecule has 0 atom stereocenters. The summed E-state index contributed by atoms with van der Waals surface area (Å²) in [4.78, 5) is 0. The Morgan fingerprint density at radius 2 is 1.35 bits per heavy atom. The topological polar surface area (TPSA) is 77.8 Å². The number of benzene rings is 2. The third kappa shape index (κ3) is 5.38. The number of hydrogen-bond donors (Lipinski definition) is 0. The number of nitrogens with zero attached hydrogens (tertiary/aromatic N) is 4. The molecule has 0 aliphatic heterocycles. The van der Waals surface area contributed by atoms with E-state index in [4.69, 9.17) is 4.52 Å². The van der Waals surface area contributed by atoms with Crippen molar-refractivity contribution in [2.45, 2.75) is 0 Å². The monoisotopic (exact) mass is 344 g/mol. The van der Waals surface area contributed by atoms with Crippen LogP contribution >= 0.6 is 0 Å². The summed E-state index contributed by atoms with van der Waals surface area (Å²) in [6.07, 6.45) is 10.6. The summed E-state index contributed by atoms with van der Waals surface area (Å²) in [6.45, 7) is 0. The van der Waals surface area contributed by atoms with Crippen LogP contribution in [0.4, 0.5) is 0 Å². The van der Waals surface area contributed by atoms with E-state index in [2.05, 4.69) is 25.3 Å². The van der Waals surface area contributed by atoms with Gasteiger partial charge in [-0.2, -0.15) is 0 Å². The third-order valence-corrected chi connectivity index (χ3v) is 3.28. The molecule has 0 aliphatic rings. The fraction of sp³-hybridized carbons (Fsp3) is 0. The molecule has 4 aromatic rings. The highest BCUT2D eigenvalue weighted by atomic mass is 16.5. The summed E-state index contributed by atoms with van der Waals surface area (Å²) in [5.41, 5.74) is 2.93. The van der Waals surface area contributed by atoms with Crippen molar-refractivity contribution in [1.29, 1.82) is 0 Å². The van der Waals surface area contributed by atoms with Crippen molar-refractivity contribution in [3.63, 3.8) is 0 Å². The summed E-state index contributed by atoms with van der Waals surface area (Å²) in [5.74, 6) is 0.644. The van der Waals surface area contributed by atoms with Crippen LogP contribution in [0.1, 0.15) is 22.6 Å². The first kappa shape index (κ1) is 17.0. The first-order valence-electron chi connectivity index (χ1n) is 7.91. The zero-order valence-electron chi connectivity index (χ0n) is 13.8. The maximum absolute atomic E-state index is 5.18.